The molecule has 1 N–H and O–H groups in total. The minimum atomic E-state index is -0.457. The van der Waals surface area contributed by atoms with Gasteiger partial charge >= 0.3 is 5.69 Å². The van der Waals surface area contributed by atoms with Gasteiger partial charge in [-0.15, -0.1) is 0 Å². The van der Waals surface area contributed by atoms with Crippen LogP contribution in [0.25, 0.3) is 0 Å². The highest BCUT2D eigenvalue weighted by atomic mass is 16.6. The van der Waals surface area contributed by atoms with Gasteiger partial charge in [0.05, 0.1) is 11.0 Å². The Balaban J connectivity index is 2.14. The van der Waals surface area contributed by atoms with E-state index in [1.54, 1.807) is 13.8 Å². The summed E-state index contributed by atoms with van der Waals surface area (Å²) in [5.74, 6) is -0.00685. The van der Waals surface area contributed by atoms with Gasteiger partial charge in [0.25, 0.3) is 0 Å². The van der Waals surface area contributed by atoms with E-state index in [2.05, 4.69) is 55.5 Å². The quantitative estimate of drug-likeness (QED) is 0.562. The first-order valence-corrected chi connectivity index (χ1v) is 9.31. The molecule has 0 fully saturated rings. The van der Waals surface area contributed by atoms with Gasteiger partial charge in [-0.3, -0.25) is 19.6 Å². The van der Waals surface area contributed by atoms with Crippen LogP contribution >= 0.6 is 0 Å². The topological polar surface area (TPSA) is 90.1 Å². The van der Waals surface area contributed by atoms with Crippen molar-refractivity contribution in [2.24, 2.45) is 5.92 Å². The number of benzene rings is 1. The fraction of sp³-hybridized carbons (Fsp3) is 0.500. The van der Waals surface area contributed by atoms with Gasteiger partial charge in [0, 0.05) is 0 Å². The molecule has 27 heavy (non-hydrogen) atoms. The predicted octanol–water partition coefficient (Wildman–Crippen LogP) is 3.87. The van der Waals surface area contributed by atoms with Crippen molar-refractivity contribution >= 4 is 11.6 Å². The molecule has 7 heteroatoms. The van der Waals surface area contributed by atoms with Gasteiger partial charge in [-0.1, -0.05) is 51.5 Å². The maximum atomic E-state index is 12.6. The van der Waals surface area contributed by atoms with Gasteiger partial charge in [-0.25, -0.2) is 0 Å². The normalized spacial score (nSPS) is 12.2. The van der Waals surface area contributed by atoms with Crippen LogP contribution in [0.4, 0.5) is 5.69 Å². The Hall–Kier alpha value is -2.70. The molecular formula is C20H28N4O3. The van der Waals surface area contributed by atoms with E-state index in [9.17, 15) is 14.9 Å². The Morgan fingerprint density at radius 3 is 2.37 bits per heavy atom. The molecule has 0 bridgehead atoms. The first kappa shape index (κ1) is 20.6. The number of hydrogen-bond donors (Lipinski definition) is 1. The summed E-state index contributed by atoms with van der Waals surface area (Å²) in [6.45, 7) is 9.40. The second-order valence-electron chi connectivity index (χ2n) is 7.21. The highest BCUT2D eigenvalue weighted by Crippen LogP contribution is 2.24. The van der Waals surface area contributed by atoms with Crippen molar-refractivity contribution in [2.45, 2.75) is 60.0 Å². The molecule has 146 valence electrons. The van der Waals surface area contributed by atoms with Gasteiger partial charge in [-0.05, 0) is 37.3 Å². The Bertz CT molecular complexity index is 809. The summed E-state index contributed by atoms with van der Waals surface area (Å²) in [7, 11) is 0. The molecule has 1 unspecified atom stereocenters. The third kappa shape index (κ3) is 4.93. The zero-order chi connectivity index (χ0) is 20.1. The molecule has 0 aliphatic carbocycles. The molecule has 0 aliphatic rings. The van der Waals surface area contributed by atoms with Crippen LogP contribution in [-0.2, 0) is 17.8 Å². The third-order valence-corrected chi connectivity index (χ3v) is 4.68. The van der Waals surface area contributed by atoms with E-state index < -0.39 is 4.92 Å². The Labute approximate surface area is 159 Å². The predicted molar refractivity (Wildman–Crippen MR) is 105 cm³/mol. The summed E-state index contributed by atoms with van der Waals surface area (Å²) >= 11 is 0. The lowest BCUT2D eigenvalue weighted by Crippen LogP contribution is -2.34. The second kappa shape index (κ2) is 8.79. The smallest absolute Gasteiger partial charge is 0.312 e. The summed E-state index contributed by atoms with van der Waals surface area (Å²) in [4.78, 5) is 23.2. The van der Waals surface area contributed by atoms with Crippen molar-refractivity contribution in [3.05, 3.63) is 56.9 Å². The first-order valence-electron chi connectivity index (χ1n) is 9.31. The number of carbonyl (C=O) groups is 1. The molecule has 0 radical (unpaired) electrons. The Kier molecular flexibility index (Phi) is 6.71. The van der Waals surface area contributed by atoms with Crippen LogP contribution < -0.4 is 5.32 Å². The van der Waals surface area contributed by atoms with Crippen molar-refractivity contribution < 1.29 is 9.72 Å². The monoisotopic (exact) mass is 372 g/mol. The van der Waals surface area contributed by atoms with Crippen molar-refractivity contribution in [3.8, 4) is 0 Å². The highest BCUT2D eigenvalue weighted by Gasteiger charge is 2.24. The van der Waals surface area contributed by atoms with E-state index in [-0.39, 0.29) is 30.1 Å². The van der Waals surface area contributed by atoms with E-state index in [1.165, 1.54) is 10.2 Å². The van der Waals surface area contributed by atoms with Crippen molar-refractivity contribution in [1.29, 1.82) is 0 Å². The van der Waals surface area contributed by atoms with Crippen LogP contribution in [-0.4, -0.2) is 20.6 Å². The minimum Gasteiger partial charge on any atom is -0.347 e. The summed E-state index contributed by atoms with van der Waals surface area (Å²) in [6.07, 6.45) is 2.13. The number of nitrogens with zero attached hydrogens (tertiary/aromatic N) is 3. The van der Waals surface area contributed by atoms with Crippen LogP contribution in [0, 0.1) is 29.9 Å². The van der Waals surface area contributed by atoms with E-state index in [4.69, 9.17) is 0 Å². The number of nitro groups is 1. The average molecular weight is 372 g/mol. The highest BCUT2D eigenvalue weighted by molar-refractivity contribution is 5.76. The molecule has 0 aliphatic heterocycles. The number of aryl methyl sites for hydroxylation is 2. The molecule has 0 saturated heterocycles. The van der Waals surface area contributed by atoms with Gasteiger partial charge in [0.1, 0.15) is 17.9 Å². The van der Waals surface area contributed by atoms with Crippen LogP contribution in [0.5, 0.6) is 0 Å². The van der Waals surface area contributed by atoms with Gasteiger partial charge in [0.2, 0.25) is 5.91 Å². The number of rotatable bonds is 8. The van der Waals surface area contributed by atoms with Gasteiger partial charge in [0.15, 0.2) is 0 Å². The van der Waals surface area contributed by atoms with Crippen molar-refractivity contribution in [3.63, 3.8) is 0 Å². The fourth-order valence-corrected chi connectivity index (χ4v) is 3.28. The molecule has 0 saturated carbocycles. The van der Waals surface area contributed by atoms with E-state index in [1.807, 2.05) is 0 Å². The number of amides is 1. The van der Waals surface area contributed by atoms with Crippen LogP contribution in [0.15, 0.2) is 24.3 Å². The number of hydrogen-bond acceptors (Lipinski definition) is 4. The first-order chi connectivity index (χ1) is 12.7. The van der Waals surface area contributed by atoms with Gasteiger partial charge in [-0.2, -0.15) is 5.10 Å². The summed E-state index contributed by atoms with van der Waals surface area (Å²) in [6, 6.07) is 8.20. The van der Waals surface area contributed by atoms with E-state index in [0.29, 0.717) is 11.4 Å². The second-order valence-corrected chi connectivity index (χ2v) is 7.21. The lowest BCUT2D eigenvalue weighted by Gasteiger charge is -2.23. The maximum Gasteiger partial charge on any atom is 0.312 e. The lowest BCUT2D eigenvalue weighted by molar-refractivity contribution is -0.386. The Morgan fingerprint density at radius 1 is 1.26 bits per heavy atom. The number of nitrogens with one attached hydrogen (secondary N) is 1. The summed E-state index contributed by atoms with van der Waals surface area (Å²) in [5.41, 5.74) is 3.01. The number of aromatic nitrogens is 2. The van der Waals surface area contributed by atoms with E-state index in [0.717, 1.165) is 18.4 Å². The molecule has 2 rings (SSSR count). The summed E-state index contributed by atoms with van der Waals surface area (Å²) < 4.78 is 1.39. The zero-order valence-electron chi connectivity index (χ0n) is 16.7. The molecule has 0 spiro atoms. The van der Waals surface area contributed by atoms with E-state index >= 15 is 0 Å². The average Bonchev–Trinajstić information content (AvgIpc) is 2.87. The number of carbonyl (C=O) groups excluding carboxylic acids is 1. The largest absolute Gasteiger partial charge is 0.347 e. The van der Waals surface area contributed by atoms with Gasteiger partial charge < -0.3 is 5.32 Å². The SMILES string of the molecule is CCCc1ccc(C(NC(=O)Cn2nc(C)c([N+](=O)[O-])c2C)C(C)C)cc1. The molecule has 2 aromatic rings. The summed E-state index contributed by atoms with van der Waals surface area (Å²) in [5, 5.41) is 18.3. The molecule has 7 nitrogen and oxygen atoms in total. The van der Waals surface area contributed by atoms with Crippen LogP contribution in [0.1, 0.15) is 55.7 Å². The molecule has 1 heterocycles. The lowest BCUT2D eigenvalue weighted by atomic mass is 9.94. The molecule has 1 atom stereocenters. The fourth-order valence-electron chi connectivity index (χ4n) is 3.28. The zero-order valence-corrected chi connectivity index (χ0v) is 16.7. The molecule has 1 aromatic heterocycles. The third-order valence-electron chi connectivity index (χ3n) is 4.68. The molecule has 1 aromatic carbocycles. The van der Waals surface area contributed by atoms with Crippen molar-refractivity contribution in [1.82, 2.24) is 15.1 Å². The van der Waals surface area contributed by atoms with Crippen LogP contribution in [0.3, 0.4) is 0 Å². The maximum absolute atomic E-state index is 12.6. The minimum absolute atomic E-state index is 0.0327. The standard InChI is InChI=1S/C20H28N4O3/c1-6-7-16-8-10-17(11-9-16)19(13(2)3)21-18(25)12-23-15(5)20(24(26)27)14(4)22-23/h8-11,13,19H,6-7,12H2,1-5H3,(H,21,25). The van der Waals surface area contributed by atoms with Crippen molar-refractivity contribution in [2.75, 3.05) is 0 Å². The Morgan fingerprint density at radius 2 is 1.89 bits per heavy atom. The molecular weight excluding hydrogens is 344 g/mol. The van der Waals surface area contributed by atoms with Crippen LogP contribution in [0.2, 0.25) is 0 Å². The molecule has 1 amide bonds.